The third kappa shape index (κ3) is 3.15. The number of carbonyl (C=O) groups excluding carboxylic acids is 1. The average Bonchev–Trinajstić information content (AvgIpc) is 2.46. The second kappa shape index (κ2) is 6.38. The number of nitrogens with one attached hydrogen (secondary N) is 1. The first-order valence-electron chi connectivity index (χ1n) is 6.58. The molecule has 1 atom stereocenters. The lowest BCUT2D eigenvalue weighted by Gasteiger charge is -2.30. The maximum atomic E-state index is 12.4. The van der Waals surface area contributed by atoms with Gasteiger partial charge in [0.05, 0.1) is 12.5 Å². The van der Waals surface area contributed by atoms with Crippen molar-refractivity contribution in [2.45, 2.75) is 6.42 Å². The van der Waals surface area contributed by atoms with E-state index in [4.69, 9.17) is 5.11 Å². The van der Waals surface area contributed by atoms with Crippen LogP contribution in [0, 0.1) is 5.92 Å². The zero-order valence-corrected chi connectivity index (χ0v) is 11.0. The van der Waals surface area contributed by atoms with E-state index in [0.29, 0.717) is 19.6 Å². The van der Waals surface area contributed by atoms with Crippen molar-refractivity contribution in [3.63, 3.8) is 0 Å². The van der Waals surface area contributed by atoms with Gasteiger partial charge < -0.3 is 15.3 Å². The van der Waals surface area contributed by atoms with E-state index in [1.165, 1.54) is 5.56 Å². The van der Waals surface area contributed by atoms with Crippen molar-refractivity contribution in [2.75, 3.05) is 31.6 Å². The lowest BCUT2D eigenvalue weighted by atomic mass is 9.93. The number of amides is 1. The number of nitrogens with zero attached hydrogens (tertiary/aromatic N) is 1. The Morgan fingerprint density at radius 1 is 1.53 bits per heavy atom. The number of aliphatic hydroxyl groups excluding tert-OH is 1. The Hall–Kier alpha value is -1.81. The Balaban J connectivity index is 2.06. The quantitative estimate of drug-likeness (QED) is 0.784. The SMILES string of the molecule is C=CCN(CCO)C(=O)C1CNc2ccccc2C1. The molecule has 1 unspecified atom stereocenters. The van der Waals surface area contributed by atoms with Gasteiger partial charge in [0.15, 0.2) is 0 Å². The summed E-state index contributed by atoms with van der Waals surface area (Å²) in [4.78, 5) is 14.1. The second-order valence-electron chi connectivity index (χ2n) is 4.74. The molecule has 0 spiro atoms. The number of fused-ring (bicyclic) bond motifs is 1. The molecule has 0 saturated heterocycles. The third-order valence-corrected chi connectivity index (χ3v) is 3.40. The minimum atomic E-state index is -0.0681. The van der Waals surface area contributed by atoms with Crippen LogP contribution in [0.15, 0.2) is 36.9 Å². The summed E-state index contributed by atoms with van der Waals surface area (Å²) < 4.78 is 0. The van der Waals surface area contributed by atoms with Crippen LogP contribution in [-0.4, -0.2) is 42.2 Å². The minimum Gasteiger partial charge on any atom is -0.395 e. The molecule has 2 N–H and O–H groups in total. The molecule has 0 aromatic heterocycles. The van der Waals surface area contributed by atoms with Gasteiger partial charge in [-0.15, -0.1) is 6.58 Å². The van der Waals surface area contributed by atoms with E-state index in [0.717, 1.165) is 12.1 Å². The number of hydrogen-bond donors (Lipinski definition) is 2. The highest BCUT2D eigenvalue weighted by molar-refractivity contribution is 5.81. The Bertz CT molecular complexity index is 459. The highest BCUT2D eigenvalue weighted by Gasteiger charge is 2.27. The number of rotatable bonds is 5. The molecule has 0 bridgehead atoms. The van der Waals surface area contributed by atoms with Gasteiger partial charge in [0.1, 0.15) is 0 Å². The van der Waals surface area contributed by atoms with Gasteiger partial charge in [-0.3, -0.25) is 4.79 Å². The lowest BCUT2D eigenvalue weighted by Crippen LogP contribution is -2.42. The molecule has 1 amide bonds. The summed E-state index contributed by atoms with van der Waals surface area (Å²) in [6.07, 6.45) is 2.44. The standard InChI is InChI=1S/C15H20N2O2/c1-2-7-17(8-9-18)15(19)13-10-12-5-3-4-6-14(12)16-11-13/h2-6,13,16,18H,1,7-11H2. The zero-order chi connectivity index (χ0) is 13.7. The number of anilines is 1. The van der Waals surface area contributed by atoms with Gasteiger partial charge in [0.25, 0.3) is 0 Å². The van der Waals surface area contributed by atoms with Crippen LogP contribution < -0.4 is 5.32 Å². The highest BCUT2D eigenvalue weighted by atomic mass is 16.3. The zero-order valence-electron chi connectivity index (χ0n) is 11.0. The summed E-state index contributed by atoms with van der Waals surface area (Å²) in [5.74, 6) is 0.0114. The van der Waals surface area contributed by atoms with Crippen LogP contribution in [0.3, 0.4) is 0 Å². The number of hydrogen-bond acceptors (Lipinski definition) is 3. The highest BCUT2D eigenvalue weighted by Crippen LogP contribution is 2.25. The molecule has 1 heterocycles. The van der Waals surface area contributed by atoms with Crippen LogP contribution in [0.25, 0.3) is 0 Å². The molecule has 0 fully saturated rings. The molecule has 2 rings (SSSR count). The van der Waals surface area contributed by atoms with E-state index >= 15 is 0 Å². The maximum Gasteiger partial charge on any atom is 0.228 e. The van der Waals surface area contributed by atoms with Crippen molar-refractivity contribution in [1.29, 1.82) is 0 Å². The number of carbonyl (C=O) groups is 1. The molecular weight excluding hydrogens is 240 g/mol. The van der Waals surface area contributed by atoms with Crippen LogP contribution in [0.1, 0.15) is 5.56 Å². The second-order valence-corrected chi connectivity index (χ2v) is 4.74. The van der Waals surface area contributed by atoms with Crippen molar-refractivity contribution in [1.82, 2.24) is 4.90 Å². The smallest absolute Gasteiger partial charge is 0.228 e. The van der Waals surface area contributed by atoms with Gasteiger partial charge in [-0.1, -0.05) is 24.3 Å². The summed E-state index contributed by atoms with van der Waals surface area (Å²) in [7, 11) is 0. The molecule has 1 aliphatic heterocycles. The average molecular weight is 260 g/mol. The fourth-order valence-corrected chi connectivity index (χ4v) is 2.44. The molecule has 0 aliphatic carbocycles. The van der Waals surface area contributed by atoms with Gasteiger partial charge in [-0.25, -0.2) is 0 Å². The topological polar surface area (TPSA) is 52.6 Å². The summed E-state index contributed by atoms with van der Waals surface area (Å²) in [5.41, 5.74) is 2.29. The van der Waals surface area contributed by atoms with Gasteiger partial charge in [-0.05, 0) is 18.1 Å². The number of aliphatic hydroxyl groups is 1. The minimum absolute atomic E-state index is 0.0175. The van der Waals surface area contributed by atoms with Gasteiger partial charge in [0, 0.05) is 25.3 Å². The Labute approximate surface area is 113 Å². The predicted molar refractivity (Wildman–Crippen MR) is 76.0 cm³/mol. The monoisotopic (exact) mass is 260 g/mol. The Morgan fingerprint density at radius 3 is 3.05 bits per heavy atom. The van der Waals surface area contributed by atoms with Crippen molar-refractivity contribution in [2.24, 2.45) is 5.92 Å². The molecule has 19 heavy (non-hydrogen) atoms. The van der Waals surface area contributed by atoms with E-state index in [2.05, 4.69) is 11.9 Å². The Kier molecular flexibility index (Phi) is 4.58. The van der Waals surface area contributed by atoms with E-state index in [-0.39, 0.29) is 18.4 Å². The van der Waals surface area contributed by atoms with Crippen LogP contribution in [0.2, 0.25) is 0 Å². The molecule has 1 aliphatic rings. The predicted octanol–water partition coefficient (Wildman–Crippen LogP) is 1.28. The summed E-state index contributed by atoms with van der Waals surface area (Å²) in [6.45, 7) is 5.13. The largest absolute Gasteiger partial charge is 0.395 e. The first-order chi connectivity index (χ1) is 9.26. The van der Waals surface area contributed by atoms with Gasteiger partial charge in [-0.2, -0.15) is 0 Å². The molecule has 4 nitrogen and oxygen atoms in total. The van der Waals surface area contributed by atoms with Crippen molar-refractivity contribution in [3.8, 4) is 0 Å². The molecule has 0 saturated carbocycles. The van der Waals surface area contributed by atoms with Crippen molar-refractivity contribution >= 4 is 11.6 Å². The maximum absolute atomic E-state index is 12.4. The summed E-state index contributed by atoms with van der Waals surface area (Å²) in [5, 5.41) is 12.3. The third-order valence-electron chi connectivity index (χ3n) is 3.40. The summed E-state index contributed by atoms with van der Waals surface area (Å²) in [6, 6.07) is 8.06. The van der Waals surface area contributed by atoms with Crippen LogP contribution in [-0.2, 0) is 11.2 Å². The molecule has 4 heteroatoms. The molecule has 1 aromatic carbocycles. The summed E-state index contributed by atoms with van der Waals surface area (Å²) >= 11 is 0. The van der Waals surface area contributed by atoms with Crippen LogP contribution in [0.4, 0.5) is 5.69 Å². The Morgan fingerprint density at radius 2 is 2.32 bits per heavy atom. The first kappa shape index (κ1) is 13.6. The number of para-hydroxylation sites is 1. The first-order valence-corrected chi connectivity index (χ1v) is 6.58. The molecular formula is C15H20N2O2. The number of benzene rings is 1. The van der Waals surface area contributed by atoms with Crippen molar-refractivity contribution < 1.29 is 9.90 Å². The van der Waals surface area contributed by atoms with E-state index in [1.807, 2.05) is 24.3 Å². The fourth-order valence-electron chi connectivity index (χ4n) is 2.44. The van der Waals surface area contributed by atoms with E-state index < -0.39 is 0 Å². The van der Waals surface area contributed by atoms with E-state index in [1.54, 1.807) is 11.0 Å². The van der Waals surface area contributed by atoms with Gasteiger partial charge in [0.2, 0.25) is 5.91 Å². The van der Waals surface area contributed by atoms with Crippen LogP contribution in [0.5, 0.6) is 0 Å². The van der Waals surface area contributed by atoms with Crippen molar-refractivity contribution in [3.05, 3.63) is 42.5 Å². The lowest BCUT2D eigenvalue weighted by molar-refractivity contribution is -0.135. The molecule has 1 aromatic rings. The van der Waals surface area contributed by atoms with Gasteiger partial charge >= 0.3 is 0 Å². The fraction of sp³-hybridized carbons (Fsp3) is 0.400. The van der Waals surface area contributed by atoms with Crippen LogP contribution >= 0.6 is 0 Å². The van der Waals surface area contributed by atoms with E-state index in [9.17, 15) is 4.79 Å². The molecule has 0 radical (unpaired) electrons. The molecule has 102 valence electrons. The normalized spacial score (nSPS) is 17.2.